The summed E-state index contributed by atoms with van der Waals surface area (Å²) in [6.07, 6.45) is 0. The molecule has 0 saturated carbocycles. The minimum absolute atomic E-state index is 0.175. The number of nitrogens with zero attached hydrogens (tertiary/aromatic N) is 9. The average Bonchev–Trinajstić information content (AvgIpc) is 2.66. The molecule has 0 fully saturated rings. The normalized spacial score (nSPS) is 13.4. The molecule has 144 valence electrons. The molecule has 9 heteroatoms. The zero-order chi connectivity index (χ0) is 20.6. The van der Waals surface area contributed by atoms with Crippen molar-refractivity contribution < 1.29 is 0 Å². The summed E-state index contributed by atoms with van der Waals surface area (Å²) in [7, 11) is 5.48. The van der Waals surface area contributed by atoms with Gasteiger partial charge in [-0.05, 0) is 20.8 Å². The van der Waals surface area contributed by atoms with E-state index in [2.05, 4.69) is 33.2 Å². The summed E-state index contributed by atoms with van der Waals surface area (Å²) in [5.74, 6) is 0.823. The van der Waals surface area contributed by atoms with Gasteiger partial charge in [-0.15, -0.1) is 0 Å². The fraction of sp³-hybridized carbons (Fsp3) is 0.667. The van der Waals surface area contributed by atoms with E-state index in [1.165, 1.54) is 0 Å². The molecule has 1 rings (SSSR count). The molecule has 0 spiro atoms. The first-order valence-corrected chi connectivity index (χ1v) is 8.80. The van der Waals surface area contributed by atoms with Crippen LogP contribution in [0.4, 0.5) is 17.8 Å². The molecule has 27 heavy (non-hydrogen) atoms. The van der Waals surface area contributed by atoms with Gasteiger partial charge in [0.15, 0.2) is 0 Å². The Kier molecular flexibility index (Phi) is 8.23. The highest BCUT2D eigenvalue weighted by Gasteiger charge is 2.19. The van der Waals surface area contributed by atoms with Gasteiger partial charge in [-0.2, -0.15) is 30.7 Å². The monoisotopic (exact) mass is 369 g/mol. The van der Waals surface area contributed by atoms with Crippen molar-refractivity contribution in [1.82, 2.24) is 15.0 Å². The zero-order valence-corrected chi connectivity index (χ0v) is 16.9. The summed E-state index contributed by atoms with van der Waals surface area (Å²) in [5, 5.41) is 27.2. The van der Waals surface area contributed by atoms with Gasteiger partial charge in [0, 0.05) is 40.8 Å². The van der Waals surface area contributed by atoms with Gasteiger partial charge in [0.05, 0.1) is 36.0 Å². The van der Waals surface area contributed by atoms with Gasteiger partial charge in [-0.1, -0.05) is 0 Å². The maximum Gasteiger partial charge on any atom is 0.231 e. The van der Waals surface area contributed by atoms with Gasteiger partial charge in [-0.3, -0.25) is 0 Å². The van der Waals surface area contributed by atoms with E-state index in [0.717, 1.165) is 0 Å². The summed E-state index contributed by atoms with van der Waals surface area (Å²) >= 11 is 0. The molecular formula is C18H27N9. The van der Waals surface area contributed by atoms with Crippen molar-refractivity contribution in [3.8, 4) is 18.2 Å². The average molecular weight is 369 g/mol. The Bertz CT molecular complexity index is 630. The van der Waals surface area contributed by atoms with Gasteiger partial charge in [0.25, 0.3) is 0 Å². The smallest absolute Gasteiger partial charge is 0.231 e. The van der Waals surface area contributed by atoms with E-state index in [1.54, 1.807) is 0 Å². The minimum Gasteiger partial charge on any atom is -0.342 e. The molecule has 0 aliphatic rings. The van der Waals surface area contributed by atoms with Crippen LogP contribution in [-0.4, -0.2) is 55.7 Å². The van der Waals surface area contributed by atoms with Crippen molar-refractivity contribution in [3.05, 3.63) is 0 Å². The van der Waals surface area contributed by atoms with Crippen LogP contribution in [0, 0.1) is 51.7 Å². The predicted octanol–water partition coefficient (Wildman–Crippen LogP) is 1.66. The fourth-order valence-corrected chi connectivity index (χ4v) is 2.46. The van der Waals surface area contributed by atoms with Crippen molar-refractivity contribution in [1.29, 1.82) is 15.8 Å². The van der Waals surface area contributed by atoms with Crippen molar-refractivity contribution in [2.24, 2.45) is 17.8 Å². The van der Waals surface area contributed by atoms with Gasteiger partial charge in [-0.25, -0.2) is 0 Å². The largest absolute Gasteiger partial charge is 0.342 e. The third-order valence-electron chi connectivity index (χ3n) is 3.93. The molecule has 1 aromatic rings. The van der Waals surface area contributed by atoms with Crippen LogP contribution in [0.1, 0.15) is 20.8 Å². The Hall–Kier alpha value is -3.12. The Labute approximate surface area is 161 Å². The van der Waals surface area contributed by atoms with E-state index < -0.39 is 0 Å². The van der Waals surface area contributed by atoms with E-state index in [-0.39, 0.29) is 17.8 Å². The predicted molar refractivity (Wildman–Crippen MR) is 104 cm³/mol. The van der Waals surface area contributed by atoms with E-state index in [1.807, 2.05) is 56.6 Å². The van der Waals surface area contributed by atoms with E-state index >= 15 is 0 Å². The van der Waals surface area contributed by atoms with E-state index in [4.69, 9.17) is 15.8 Å². The molecule has 9 nitrogen and oxygen atoms in total. The van der Waals surface area contributed by atoms with Crippen LogP contribution in [0.3, 0.4) is 0 Å². The SMILES string of the molecule is CC(C#N)CN(C)c1nc(N(C)CC(C)C#N)nc(N(C)CC(C)C#N)n1. The van der Waals surface area contributed by atoms with Gasteiger partial charge in [0.1, 0.15) is 0 Å². The molecule has 0 aliphatic carbocycles. The zero-order valence-electron chi connectivity index (χ0n) is 16.9. The first-order valence-electron chi connectivity index (χ1n) is 8.80. The third-order valence-corrected chi connectivity index (χ3v) is 3.93. The minimum atomic E-state index is -0.175. The van der Waals surface area contributed by atoms with Crippen LogP contribution in [0.2, 0.25) is 0 Å². The molecule has 0 aromatic carbocycles. The number of rotatable bonds is 9. The van der Waals surface area contributed by atoms with Gasteiger partial charge < -0.3 is 14.7 Å². The van der Waals surface area contributed by atoms with Crippen LogP contribution in [0.25, 0.3) is 0 Å². The lowest BCUT2D eigenvalue weighted by Gasteiger charge is -2.25. The number of hydrogen-bond acceptors (Lipinski definition) is 9. The second-order valence-corrected chi connectivity index (χ2v) is 6.97. The Morgan fingerprint density at radius 1 is 0.630 bits per heavy atom. The first-order chi connectivity index (χ1) is 12.7. The Morgan fingerprint density at radius 3 is 1.04 bits per heavy atom. The quantitative estimate of drug-likeness (QED) is 0.639. The van der Waals surface area contributed by atoms with E-state index in [9.17, 15) is 0 Å². The Balaban J connectivity index is 3.24. The molecule has 0 saturated heterocycles. The maximum absolute atomic E-state index is 9.06. The highest BCUT2D eigenvalue weighted by atomic mass is 15.4. The van der Waals surface area contributed by atoms with Crippen LogP contribution in [0.15, 0.2) is 0 Å². The topological polar surface area (TPSA) is 120 Å². The van der Waals surface area contributed by atoms with Crippen molar-refractivity contribution >= 4 is 17.8 Å². The van der Waals surface area contributed by atoms with Crippen LogP contribution in [-0.2, 0) is 0 Å². The summed E-state index contributed by atoms with van der Waals surface area (Å²) in [4.78, 5) is 19.0. The number of hydrogen-bond donors (Lipinski definition) is 0. The van der Waals surface area contributed by atoms with Crippen LogP contribution >= 0.6 is 0 Å². The lowest BCUT2D eigenvalue weighted by Crippen LogP contribution is -2.32. The molecule has 0 bridgehead atoms. The second kappa shape index (κ2) is 10.1. The molecule has 1 heterocycles. The number of aromatic nitrogens is 3. The van der Waals surface area contributed by atoms with Gasteiger partial charge in [0.2, 0.25) is 17.8 Å². The van der Waals surface area contributed by atoms with Crippen LogP contribution in [0.5, 0.6) is 0 Å². The summed E-state index contributed by atoms with van der Waals surface area (Å²) in [6, 6.07) is 6.61. The highest BCUT2D eigenvalue weighted by molar-refractivity contribution is 5.46. The molecule has 0 N–H and O–H groups in total. The number of anilines is 3. The molecule has 3 atom stereocenters. The summed E-state index contributed by atoms with van der Waals surface area (Å²) < 4.78 is 0. The van der Waals surface area contributed by atoms with Gasteiger partial charge >= 0.3 is 0 Å². The number of nitriles is 3. The van der Waals surface area contributed by atoms with Crippen molar-refractivity contribution in [2.45, 2.75) is 20.8 Å². The second-order valence-electron chi connectivity index (χ2n) is 6.97. The summed E-state index contributed by atoms with van der Waals surface area (Å²) in [5.41, 5.74) is 0. The third kappa shape index (κ3) is 6.60. The Morgan fingerprint density at radius 2 is 0.852 bits per heavy atom. The molecule has 0 radical (unpaired) electrons. The highest BCUT2D eigenvalue weighted by Crippen LogP contribution is 2.19. The van der Waals surface area contributed by atoms with E-state index in [0.29, 0.717) is 37.5 Å². The summed E-state index contributed by atoms with van der Waals surface area (Å²) in [6.45, 7) is 6.95. The molecule has 1 aromatic heterocycles. The molecule has 0 aliphatic heterocycles. The molecule has 3 unspecified atom stereocenters. The van der Waals surface area contributed by atoms with Crippen LogP contribution < -0.4 is 14.7 Å². The van der Waals surface area contributed by atoms with Crippen molar-refractivity contribution in [3.63, 3.8) is 0 Å². The maximum atomic E-state index is 9.06. The standard InChI is InChI=1S/C18H27N9/c1-13(7-19)10-25(4)16-22-17(26(5)11-14(2)8-20)24-18(23-16)27(6)12-15(3)9-21/h13-15H,10-12H2,1-6H3. The fourth-order valence-electron chi connectivity index (χ4n) is 2.46. The first kappa shape index (κ1) is 21.9. The molecule has 0 amide bonds. The lowest BCUT2D eigenvalue weighted by molar-refractivity contribution is 0.671. The van der Waals surface area contributed by atoms with Crippen molar-refractivity contribution in [2.75, 3.05) is 55.5 Å². The molecular weight excluding hydrogens is 342 g/mol. The lowest BCUT2D eigenvalue weighted by atomic mass is 10.2.